The lowest BCUT2D eigenvalue weighted by Gasteiger charge is -2.39. The van der Waals surface area contributed by atoms with Crippen molar-refractivity contribution in [1.29, 1.82) is 0 Å². The van der Waals surface area contributed by atoms with Gasteiger partial charge in [-0.25, -0.2) is 9.18 Å². The number of amides is 1. The summed E-state index contributed by atoms with van der Waals surface area (Å²) in [4.78, 5) is 13.5. The minimum atomic E-state index is -4.98. The summed E-state index contributed by atoms with van der Waals surface area (Å²) in [7, 11) is -1.77. The molecule has 2 saturated heterocycles. The van der Waals surface area contributed by atoms with Gasteiger partial charge in [-0.05, 0) is 48.5 Å². The van der Waals surface area contributed by atoms with Crippen LogP contribution >= 0.6 is 0 Å². The summed E-state index contributed by atoms with van der Waals surface area (Å²) in [5, 5.41) is 3.97. The maximum Gasteiger partial charge on any atom is 0.525 e. The van der Waals surface area contributed by atoms with Gasteiger partial charge in [0, 0.05) is 37.3 Å². The highest BCUT2D eigenvalue weighted by Crippen LogP contribution is 2.43. The van der Waals surface area contributed by atoms with E-state index in [-0.39, 0.29) is 12.5 Å². The van der Waals surface area contributed by atoms with E-state index in [1.165, 1.54) is 9.58 Å². The summed E-state index contributed by atoms with van der Waals surface area (Å²) >= 11 is 0. The maximum absolute atomic E-state index is 15.1. The number of carbonyl (C=O) groups is 1. The molecular formula is C21H30BF4N3O4. The Hall–Kier alpha value is -2.08. The first-order valence-electron chi connectivity index (χ1n) is 10.7. The lowest BCUT2D eigenvalue weighted by molar-refractivity contribution is -0.0700. The number of aromatic nitrogens is 2. The minimum Gasteiger partial charge on any atom is -0.444 e. The van der Waals surface area contributed by atoms with E-state index in [0.29, 0.717) is 13.1 Å². The zero-order valence-electron chi connectivity index (χ0n) is 19.9. The quantitative estimate of drug-likeness (QED) is 0.470. The summed E-state index contributed by atoms with van der Waals surface area (Å²) in [5.74, 6) is -0.00321. The number of nitrogens with zero attached hydrogens (tertiary/aromatic N) is 3. The van der Waals surface area contributed by atoms with Gasteiger partial charge in [-0.2, -0.15) is 18.3 Å². The topological polar surface area (TPSA) is 65.8 Å². The number of rotatable bonds is 4. The molecule has 0 saturated carbocycles. The number of halogens is 4. The van der Waals surface area contributed by atoms with Gasteiger partial charge in [-0.15, -0.1) is 0 Å². The molecule has 3 heterocycles. The number of carbonyl (C=O) groups excluding carboxylic acids is 1. The number of hydrogen-bond acceptors (Lipinski definition) is 5. The Kier molecular flexibility index (Phi) is 6.42. The molecule has 33 heavy (non-hydrogen) atoms. The number of allylic oxidation sites excluding steroid dienone is 1. The molecule has 1 aromatic heterocycles. The van der Waals surface area contributed by atoms with Gasteiger partial charge in [0.2, 0.25) is 0 Å². The first-order valence-corrected chi connectivity index (χ1v) is 10.7. The smallest absolute Gasteiger partial charge is 0.444 e. The molecule has 0 bridgehead atoms. The molecule has 12 heteroatoms. The van der Waals surface area contributed by atoms with Gasteiger partial charge < -0.3 is 18.9 Å². The van der Waals surface area contributed by atoms with Crippen molar-refractivity contribution >= 4 is 18.8 Å². The average molecular weight is 475 g/mol. The highest BCUT2D eigenvalue weighted by Gasteiger charge is 2.55. The summed E-state index contributed by atoms with van der Waals surface area (Å²) < 4.78 is 74.0. The monoisotopic (exact) mass is 475 g/mol. The molecule has 0 N–H and O–H groups in total. The molecule has 0 radical (unpaired) electrons. The first-order chi connectivity index (χ1) is 14.9. The molecule has 2 aliphatic rings. The largest absolute Gasteiger partial charge is 0.525 e. The molecule has 2 aliphatic heterocycles. The van der Waals surface area contributed by atoms with Crippen LogP contribution in [0.3, 0.4) is 0 Å². The SMILES string of the molecule is CC(C)(C)OC(=O)N1CC(Cn2cc(C(=C(F)B3OC(C)(C)C(C)(C)O3)C(F)(F)F)cn2)C1. The zero-order chi connectivity index (χ0) is 25.0. The molecule has 0 aliphatic carbocycles. The van der Waals surface area contributed by atoms with E-state index in [0.717, 1.165) is 12.4 Å². The van der Waals surface area contributed by atoms with Gasteiger partial charge in [0.05, 0.1) is 23.0 Å². The van der Waals surface area contributed by atoms with Crippen LogP contribution in [0.2, 0.25) is 0 Å². The van der Waals surface area contributed by atoms with Gasteiger partial charge in [0.15, 0.2) is 0 Å². The number of hydrogen-bond donors (Lipinski definition) is 0. The molecule has 0 atom stereocenters. The van der Waals surface area contributed by atoms with E-state index in [1.54, 1.807) is 48.5 Å². The standard InChI is InChI=1S/C21H30BF4N3O4/c1-18(2,3)31-17(30)28-9-13(10-28)11-29-12-14(8-27-29)15(21(24,25)26)16(23)22-32-19(4,5)20(6,7)33-22/h8,12-13H,9-11H2,1-7H3. The molecule has 184 valence electrons. The zero-order valence-corrected chi connectivity index (χ0v) is 19.9. The fourth-order valence-corrected chi connectivity index (χ4v) is 3.52. The molecule has 1 aromatic rings. The van der Waals surface area contributed by atoms with Crippen LogP contribution in [0.25, 0.3) is 5.57 Å². The highest BCUT2D eigenvalue weighted by atomic mass is 19.4. The summed E-state index contributed by atoms with van der Waals surface area (Å²) in [5.41, 5.74) is -6.02. The van der Waals surface area contributed by atoms with Crippen LogP contribution in [-0.2, 0) is 20.6 Å². The molecule has 3 rings (SSSR count). The fraction of sp³-hybridized carbons (Fsp3) is 0.714. The lowest BCUT2D eigenvalue weighted by atomic mass is 9.83. The molecule has 7 nitrogen and oxygen atoms in total. The summed E-state index contributed by atoms with van der Waals surface area (Å²) in [6.07, 6.45) is -3.31. The average Bonchev–Trinajstić information content (AvgIpc) is 3.09. The van der Waals surface area contributed by atoms with Gasteiger partial charge in [0.25, 0.3) is 0 Å². The van der Waals surface area contributed by atoms with Crippen molar-refractivity contribution in [3.05, 3.63) is 23.7 Å². The van der Waals surface area contributed by atoms with Gasteiger partial charge in [-0.1, -0.05) is 0 Å². The van der Waals surface area contributed by atoms with Crippen molar-refractivity contribution in [2.24, 2.45) is 5.92 Å². The van der Waals surface area contributed by atoms with Crippen molar-refractivity contribution in [1.82, 2.24) is 14.7 Å². The van der Waals surface area contributed by atoms with Crippen molar-refractivity contribution in [2.45, 2.75) is 78.0 Å². The van der Waals surface area contributed by atoms with E-state index in [2.05, 4.69) is 5.10 Å². The predicted molar refractivity (Wildman–Crippen MR) is 114 cm³/mol. The predicted octanol–water partition coefficient (Wildman–Crippen LogP) is 4.62. The Balaban J connectivity index is 1.72. The molecule has 2 fully saturated rings. The van der Waals surface area contributed by atoms with Crippen LogP contribution in [0.1, 0.15) is 54.0 Å². The normalized spacial score (nSPS) is 21.7. The van der Waals surface area contributed by atoms with Gasteiger partial charge in [0.1, 0.15) is 11.3 Å². The Labute approximate surface area is 191 Å². The third-order valence-electron chi connectivity index (χ3n) is 5.96. The molecule has 0 aromatic carbocycles. The van der Waals surface area contributed by atoms with Crippen molar-refractivity contribution in [3.63, 3.8) is 0 Å². The number of likely N-dealkylation sites (tertiary alicyclic amines) is 1. The van der Waals surface area contributed by atoms with Crippen LogP contribution in [-0.4, -0.2) is 64.0 Å². The van der Waals surface area contributed by atoms with Crippen LogP contribution < -0.4 is 0 Å². The van der Waals surface area contributed by atoms with E-state index >= 15 is 4.39 Å². The molecule has 0 spiro atoms. The van der Waals surface area contributed by atoms with Gasteiger partial charge >= 0.3 is 19.4 Å². The van der Waals surface area contributed by atoms with E-state index in [4.69, 9.17) is 14.0 Å². The third-order valence-corrected chi connectivity index (χ3v) is 5.96. The van der Waals surface area contributed by atoms with Crippen LogP contribution in [0, 0.1) is 5.92 Å². The van der Waals surface area contributed by atoms with Crippen molar-refractivity contribution < 1.29 is 36.4 Å². The Bertz CT molecular complexity index is 915. The number of ether oxygens (including phenoxy) is 1. The summed E-state index contributed by atoms with van der Waals surface area (Å²) in [6.45, 7) is 12.9. The second-order valence-electron chi connectivity index (χ2n) is 10.5. The summed E-state index contributed by atoms with van der Waals surface area (Å²) in [6, 6.07) is 0. The van der Waals surface area contributed by atoms with Crippen LogP contribution in [0.5, 0.6) is 0 Å². The maximum atomic E-state index is 15.1. The Morgan fingerprint density at radius 1 is 1.18 bits per heavy atom. The van der Waals surface area contributed by atoms with E-state index < -0.39 is 53.1 Å². The van der Waals surface area contributed by atoms with Crippen molar-refractivity contribution in [2.75, 3.05) is 13.1 Å². The molecule has 0 unspecified atom stereocenters. The molecular weight excluding hydrogens is 445 g/mol. The minimum absolute atomic E-state index is 0.00321. The molecule has 1 amide bonds. The van der Waals surface area contributed by atoms with Crippen LogP contribution in [0.4, 0.5) is 22.4 Å². The fourth-order valence-electron chi connectivity index (χ4n) is 3.52. The second kappa shape index (κ2) is 8.30. The Morgan fingerprint density at radius 3 is 2.21 bits per heavy atom. The van der Waals surface area contributed by atoms with Gasteiger partial charge in [-0.3, -0.25) is 4.68 Å². The Morgan fingerprint density at radius 2 is 1.73 bits per heavy atom. The third kappa shape index (κ3) is 5.54. The lowest BCUT2D eigenvalue weighted by Crippen LogP contribution is -2.52. The van der Waals surface area contributed by atoms with Crippen LogP contribution in [0.15, 0.2) is 18.1 Å². The second-order valence-corrected chi connectivity index (χ2v) is 10.5. The number of alkyl halides is 3. The first kappa shape index (κ1) is 25.5. The van der Waals surface area contributed by atoms with Crippen molar-refractivity contribution in [3.8, 4) is 0 Å². The van der Waals surface area contributed by atoms with E-state index in [9.17, 15) is 18.0 Å². The van der Waals surface area contributed by atoms with E-state index in [1.807, 2.05) is 0 Å². The highest BCUT2D eigenvalue weighted by molar-refractivity contribution is 6.55.